The number of Topliss-reactive ketones (excluding diaryl/α,β-unsaturated/α-hetero) is 1. The Morgan fingerprint density at radius 3 is 2.67 bits per heavy atom. The third-order valence-electron chi connectivity index (χ3n) is 5.06. The zero-order chi connectivity index (χ0) is 25.9. The Morgan fingerprint density at radius 1 is 1.22 bits per heavy atom. The second-order valence-corrected chi connectivity index (χ2v) is 9.33. The molecule has 2 aromatic heterocycles. The van der Waals surface area contributed by atoms with E-state index in [0.29, 0.717) is 31.1 Å². The third-order valence-corrected chi connectivity index (χ3v) is 6.54. The molecule has 0 aliphatic rings. The number of anilines is 1. The van der Waals surface area contributed by atoms with Gasteiger partial charge in [0.1, 0.15) is 12.2 Å². The molecule has 1 aromatic carbocycles. The molecule has 0 aliphatic carbocycles. The van der Waals surface area contributed by atoms with Gasteiger partial charge in [-0.15, -0.1) is 11.3 Å². The predicted octanol–water partition coefficient (Wildman–Crippen LogP) is 1.46. The monoisotopic (exact) mass is 528 g/mol. The van der Waals surface area contributed by atoms with Gasteiger partial charge in [0, 0.05) is 24.7 Å². The Kier molecular flexibility index (Phi) is 10.0. The van der Waals surface area contributed by atoms with Crippen molar-refractivity contribution in [3.8, 4) is 0 Å². The summed E-state index contributed by atoms with van der Waals surface area (Å²) in [6, 6.07) is 8.78. The first-order valence-electron chi connectivity index (χ1n) is 11.1. The van der Waals surface area contributed by atoms with Crippen LogP contribution in [0.25, 0.3) is 0 Å². The molecule has 0 saturated heterocycles. The highest BCUT2D eigenvalue weighted by Gasteiger charge is 2.24. The van der Waals surface area contributed by atoms with E-state index in [9.17, 15) is 14.4 Å². The van der Waals surface area contributed by atoms with E-state index in [4.69, 9.17) is 11.5 Å². The van der Waals surface area contributed by atoms with Crippen molar-refractivity contribution in [1.82, 2.24) is 19.9 Å². The quantitative estimate of drug-likeness (QED) is 0.0640. The van der Waals surface area contributed by atoms with Gasteiger partial charge in [0.05, 0.1) is 12.2 Å². The summed E-state index contributed by atoms with van der Waals surface area (Å²) in [5.74, 6) is -0.845. The number of thioether (sulfide) groups is 1. The summed E-state index contributed by atoms with van der Waals surface area (Å²) < 4.78 is 1.29. The molecule has 6 N–H and O–H groups in total. The molecular weight excluding hydrogens is 500 g/mol. The number of carbonyl (C=O) groups is 2. The zero-order valence-electron chi connectivity index (χ0n) is 19.7. The number of carbonyl (C=O) groups excluding carboxylic acids is 2. The fraction of sp³-hybridized carbons (Fsp3) is 0.304. The molecule has 11 nitrogen and oxygen atoms in total. The number of rotatable bonds is 13. The van der Waals surface area contributed by atoms with Gasteiger partial charge >= 0.3 is 0 Å². The van der Waals surface area contributed by atoms with Gasteiger partial charge in [0.15, 0.2) is 16.1 Å². The van der Waals surface area contributed by atoms with E-state index in [1.165, 1.54) is 40.1 Å². The Labute approximate surface area is 216 Å². The first-order chi connectivity index (χ1) is 17.4. The Bertz CT molecular complexity index is 1240. The predicted molar refractivity (Wildman–Crippen MR) is 142 cm³/mol. The number of guanidine groups is 1. The van der Waals surface area contributed by atoms with Gasteiger partial charge in [-0.3, -0.25) is 23.9 Å². The van der Waals surface area contributed by atoms with E-state index in [1.54, 1.807) is 11.6 Å². The number of hydrogen-bond donors (Lipinski definition) is 4. The number of hydrogen-bond acceptors (Lipinski definition) is 9. The topological polar surface area (TPSA) is 170 Å². The maximum atomic E-state index is 13.1. The molecule has 0 spiro atoms. The minimum atomic E-state index is -0.835. The lowest BCUT2D eigenvalue weighted by molar-refractivity contribution is -0.122. The van der Waals surface area contributed by atoms with Gasteiger partial charge in [-0.25, -0.2) is 9.97 Å². The molecular formula is C23H28N8O3S2. The summed E-state index contributed by atoms with van der Waals surface area (Å²) >= 11 is 2.44. The van der Waals surface area contributed by atoms with Crippen molar-refractivity contribution in [2.75, 3.05) is 18.1 Å². The van der Waals surface area contributed by atoms with Gasteiger partial charge in [0.2, 0.25) is 11.7 Å². The Morgan fingerprint density at radius 2 is 2.00 bits per heavy atom. The van der Waals surface area contributed by atoms with Gasteiger partial charge in [-0.05, 0) is 24.7 Å². The highest BCUT2D eigenvalue weighted by molar-refractivity contribution is 7.98. The molecule has 2 heterocycles. The molecule has 13 heteroatoms. The van der Waals surface area contributed by atoms with Crippen molar-refractivity contribution in [3.63, 3.8) is 0 Å². The average Bonchev–Trinajstić information content (AvgIpc) is 3.41. The molecule has 0 fully saturated rings. The largest absolute Gasteiger partial charge is 0.375 e. The van der Waals surface area contributed by atoms with Crippen LogP contribution in [0.5, 0.6) is 0 Å². The van der Waals surface area contributed by atoms with Gasteiger partial charge in [-0.1, -0.05) is 42.1 Å². The summed E-state index contributed by atoms with van der Waals surface area (Å²) in [5, 5.41) is 8.20. The molecule has 0 radical (unpaired) electrons. The van der Waals surface area contributed by atoms with Crippen molar-refractivity contribution in [2.45, 2.75) is 37.1 Å². The van der Waals surface area contributed by atoms with Crippen molar-refractivity contribution >= 4 is 46.4 Å². The number of nitrogens with one attached hydrogen (secondary N) is 2. The molecule has 1 atom stereocenters. The second-order valence-electron chi connectivity index (χ2n) is 7.66. The third kappa shape index (κ3) is 7.65. The van der Waals surface area contributed by atoms with Crippen LogP contribution in [0.4, 0.5) is 5.69 Å². The van der Waals surface area contributed by atoms with Crippen LogP contribution in [0.15, 0.2) is 63.0 Å². The standard InChI is InChI=1S/C23H28N8O3S2/c1-35-23-29-13-17(28-12-15-6-3-2-4-7-15)21(34)31(23)14-18(32)30-16(8-5-9-27-22(24)25)19(33)20-26-10-11-36-20/h2-4,6-7,10-11,13,16,28H,5,8-9,12,14H2,1H3,(H,30,32)(H4,24,25,27). The lowest BCUT2D eigenvalue weighted by atomic mass is 10.1. The lowest BCUT2D eigenvalue weighted by Crippen LogP contribution is -2.44. The van der Waals surface area contributed by atoms with Crippen LogP contribution in [0.1, 0.15) is 28.2 Å². The molecule has 1 unspecified atom stereocenters. The smallest absolute Gasteiger partial charge is 0.278 e. The number of thiazole rings is 1. The maximum absolute atomic E-state index is 13.1. The Balaban J connectivity index is 1.74. The number of aliphatic imine (C=N–C) groups is 1. The van der Waals surface area contributed by atoms with Gasteiger partial charge in [-0.2, -0.15) is 0 Å². The second kappa shape index (κ2) is 13.4. The average molecular weight is 529 g/mol. The van der Waals surface area contributed by atoms with Crippen LogP contribution in [-0.4, -0.2) is 51.0 Å². The van der Waals surface area contributed by atoms with E-state index in [2.05, 4.69) is 25.6 Å². The minimum Gasteiger partial charge on any atom is -0.375 e. The van der Waals surface area contributed by atoms with Crippen molar-refractivity contribution in [1.29, 1.82) is 0 Å². The summed E-state index contributed by atoms with van der Waals surface area (Å²) in [6.45, 7) is 0.455. The van der Waals surface area contributed by atoms with Gasteiger partial charge in [0.25, 0.3) is 5.56 Å². The van der Waals surface area contributed by atoms with E-state index in [-0.39, 0.29) is 34.5 Å². The van der Waals surface area contributed by atoms with Crippen LogP contribution in [-0.2, 0) is 17.9 Å². The van der Waals surface area contributed by atoms with Crippen LogP contribution in [0.3, 0.4) is 0 Å². The molecule has 3 rings (SSSR count). The van der Waals surface area contributed by atoms with Crippen LogP contribution in [0.2, 0.25) is 0 Å². The highest BCUT2D eigenvalue weighted by atomic mass is 32.2. The zero-order valence-corrected chi connectivity index (χ0v) is 21.3. The molecule has 0 bridgehead atoms. The van der Waals surface area contributed by atoms with E-state index >= 15 is 0 Å². The molecule has 1 amide bonds. The summed E-state index contributed by atoms with van der Waals surface area (Å²) in [7, 11) is 0. The lowest BCUT2D eigenvalue weighted by Gasteiger charge is -2.18. The highest BCUT2D eigenvalue weighted by Crippen LogP contribution is 2.14. The number of nitrogens with two attached hydrogens (primary N) is 2. The number of ketones is 1. The molecule has 0 saturated carbocycles. The van der Waals surface area contributed by atoms with Gasteiger partial charge < -0.3 is 22.1 Å². The number of amides is 1. The first-order valence-corrected chi connectivity index (χ1v) is 13.2. The minimum absolute atomic E-state index is 0.0425. The number of benzene rings is 1. The van der Waals surface area contributed by atoms with Crippen molar-refractivity contribution in [2.24, 2.45) is 16.5 Å². The van der Waals surface area contributed by atoms with Crippen LogP contribution < -0.4 is 27.7 Å². The molecule has 3 aromatic rings. The first kappa shape index (κ1) is 26.9. The number of aromatic nitrogens is 3. The fourth-order valence-corrected chi connectivity index (χ4v) is 4.50. The molecule has 36 heavy (non-hydrogen) atoms. The SMILES string of the molecule is CSc1ncc(NCc2ccccc2)c(=O)n1CC(=O)NC(CCCN=C(N)N)C(=O)c1nccs1. The number of nitrogens with zero attached hydrogens (tertiary/aromatic N) is 4. The summed E-state index contributed by atoms with van der Waals surface area (Å²) in [4.78, 5) is 51.4. The fourth-order valence-electron chi connectivity index (χ4n) is 3.34. The molecule has 190 valence electrons. The van der Waals surface area contributed by atoms with E-state index in [0.717, 1.165) is 5.56 Å². The normalized spacial score (nSPS) is 11.5. The van der Waals surface area contributed by atoms with Crippen LogP contribution >= 0.6 is 23.1 Å². The van der Waals surface area contributed by atoms with Crippen molar-refractivity contribution in [3.05, 3.63) is 69.0 Å². The molecule has 0 aliphatic heterocycles. The van der Waals surface area contributed by atoms with Crippen LogP contribution in [0, 0.1) is 0 Å². The van der Waals surface area contributed by atoms with E-state index < -0.39 is 11.9 Å². The van der Waals surface area contributed by atoms with Crippen molar-refractivity contribution < 1.29 is 9.59 Å². The maximum Gasteiger partial charge on any atom is 0.278 e. The Hall–Kier alpha value is -3.71. The summed E-state index contributed by atoms with van der Waals surface area (Å²) in [5.41, 5.74) is 11.6. The summed E-state index contributed by atoms with van der Waals surface area (Å²) in [6.07, 6.45) is 5.54. The van der Waals surface area contributed by atoms with E-state index in [1.807, 2.05) is 30.3 Å².